The molecular weight excluding hydrogens is 348 g/mol. The second-order valence-electron chi connectivity index (χ2n) is 7.00. The van der Waals surface area contributed by atoms with Gasteiger partial charge in [0.05, 0.1) is 0 Å². The van der Waals surface area contributed by atoms with Crippen molar-refractivity contribution in [1.82, 2.24) is 10.6 Å². The highest BCUT2D eigenvalue weighted by atomic mass is 16.2. The largest absolute Gasteiger partial charge is 0.348 e. The zero-order valence-electron chi connectivity index (χ0n) is 15.9. The van der Waals surface area contributed by atoms with Crippen molar-refractivity contribution in [3.8, 4) is 0 Å². The van der Waals surface area contributed by atoms with E-state index in [0.29, 0.717) is 0 Å². The number of nitrogens with one attached hydrogen (secondary N) is 2. The highest BCUT2D eigenvalue weighted by molar-refractivity contribution is 5.93. The molecule has 0 aliphatic heterocycles. The van der Waals surface area contributed by atoms with Crippen LogP contribution >= 0.6 is 0 Å². The van der Waals surface area contributed by atoms with Crippen LogP contribution in [0.15, 0.2) is 72.8 Å². The molecule has 4 heteroatoms. The van der Waals surface area contributed by atoms with Gasteiger partial charge in [0, 0.05) is 24.2 Å². The molecule has 0 saturated heterocycles. The summed E-state index contributed by atoms with van der Waals surface area (Å²) in [5.41, 5.74) is 1.97. The van der Waals surface area contributed by atoms with Gasteiger partial charge in [0.15, 0.2) is 0 Å². The topological polar surface area (TPSA) is 58.2 Å². The third-order valence-electron chi connectivity index (χ3n) is 4.87. The Bertz CT molecular complexity index is 757. The molecule has 0 radical (unpaired) electrons. The lowest BCUT2D eigenvalue weighted by Crippen LogP contribution is -2.52. The Morgan fingerprint density at radius 3 is 1.46 bits per heavy atom. The van der Waals surface area contributed by atoms with E-state index in [9.17, 15) is 9.59 Å². The van der Waals surface area contributed by atoms with Crippen LogP contribution < -0.4 is 10.6 Å². The fourth-order valence-corrected chi connectivity index (χ4v) is 3.41. The lowest BCUT2D eigenvalue weighted by molar-refractivity contribution is -0.120. The predicted octanol–water partition coefficient (Wildman–Crippen LogP) is 3.96. The molecule has 2 N–H and O–H groups in total. The van der Waals surface area contributed by atoms with E-state index < -0.39 is 0 Å². The van der Waals surface area contributed by atoms with E-state index in [1.54, 1.807) is 24.3 Å². The highest BCUT2D eigenvalue weighted by Crippen LogP contribution is 2.19. The molecule has 0 aromatic heterocycles. The van der Waals surface area contributed by atoms with Gasteiger partial charge in [-0.1, -0.05) is 73.5 Å². The number of benzene rings is 2. The number of rotatable bonds is 6. The summed E-state index contributed by atoms with van der Waals surface area (Å²) in [5, 5.41) is 6.11. The number of amides is 2. The summed E-state index contributed by atoms with van der Waals surface area (Å²) in [6.45, 7) is 0. The van der Waals surface area contributed by atoms with Crippen LogP contribution in [-0.4, -0.2) is 23.9 Å². The van der Waals surface area contributed by atoms with Crippen LogP contribution in [0.4, 0.5) is 0 Å². The first kappa shape index (κ1) is 19.6. The molecule has 0 unspecified atom stereocenters. The van der Waals surface area contributed by atoms with E-state index in [0.717, 1.165) is 36.8 Å². The Morgan fingerprint density at radius 1 is 0.679 bits per heavy atom. The van der Waals surface area contributed by atoms with Crippen LogP contribution in [0.1, 0.15) is 36.8 Å². The Balaban J connectivity index is 1.54. The number of carbonyl (C=O) groups excluding carboxylic acids is 2. The fourth-order valence-electron chi connectivity index (χ4n) is 3.41. The maximum atomic E-state index is 12.3. The van der Waals surface area contributed by atoms with Gasteiger partial charge >= 0.3 is 0 Å². The molecule has 1 aliphatic carbocycles. The van der Waals surface area contributed by atoms with Crippen LogP contribution in [0.2, 0.25) is 0 Å². The van der Waals surface area contributed by atoms with Crippen molar-refractivity contribution < 1.29 is 9.59 Å². The van der Waals surface area contributed by atoms with Gasteiger partial charge in [-0.05, 0) is 36.1 Å². The fraction of sp³-hybridized carbons (Fsp3) is 0.250. The van der Waals surface area contributed by atoms with E-state index in [1.807, 2.05) is 60.7 Å². The second-order valence-corrected chi connectivity index (χ2v) is 7.00. The lowest BCUT2D eigenvalue weighted by Gasteiger charge is -2.32. The number of carbonyl (C=O) groups is 2. The molecule has 2 aromatic rings. The zero-order chi connectivity index (χ0) is 19.6. The first-order valence-corrected chi connectivity index (χ1v) is 9.78. The Hall–Kier alpha value is -3.14. The average molecular weight is 374 g/mol. The van der Waals surface area contributed by atoms with Crippen molar-refractivity contribution in [3.05, 3.63) is 83.9 Å². The van der Waals surface area contributed by atoms with Crippen molar-refractivity contribution in [3.63, 3.8) is 0 Å². The van der Waals surface area contributed by atoms with Crippen molar-refractivity contribution in [2.24, 2.45) is 0 Å². The normalized spacial score (nSPS) is 19.6. The van der Waals surface area contributed by atoms with Gasteiger partial charge in [0.2, 0.25) is 11.8 Å². The van der Waals surface area contributed by atoms with Crippen LogP contribution in [-0.2, 0) is 9.59 Å². The minimum absolute atomic E-state index is 0.0456. The van der Waals surface area contributed by atoms with Gasteiger partial charge in [0.25, 0.3) is 0 Å². The first-order chi connectivity index (χ1) is 13.7. The third kappa shape index (κ3) is 6.23. The molecule has 0 bridgehead atoms. The van der Waals surface area contributed by atoms with E-state index >= 15 is 0 Å². The monoisotopic (exact) mass is 374 g/mol. The maximum Gasteiger partial charge on any atom is 0.244 e. The van der Waals surface area contributed by atoms with Gasteiger partial charge in [0.1, 0.15) is 0 Å². The van der Waals surface area contributed by atoms with Crippen molar-refractivity contribution in [2.75, 3.05) is 0 Å². The summed E-state index contributed by atoms with van der Waals surface area (Å²) in [4.78, 5) is 24.6. The van der Waals surface area contributed by atoms with E-state index in [2.05, 4.69) is 10.6 Å². The van der Waals surface area contributed by atoms with Crippen LogP contribution in [0, 0.1) is 0 Å². The quantitative estimate of drug-likeness (QED) is 0.752. The van der Waals surface area contributed by atoms with Crippen LogP contribution in [0.25, 0.3) is 12.2 Å². The highest BCUT2D eigenvalue weighted by Gasteiger charge is 2.26. The third-order valence-corrected chi connectivity index (χ3v) is 4.87. The number of hydrogen-bond acceptors (Lipinski definition) is 2. The minimum Gasteiger partial charge on any atom is -0.348 e. The Kier molecular flexibility index (Phi) is 7.19. The number of hydrogen-bond donors (Lipinski definition) is 2. The molecule has 2 atom stereocenters. The standard InChI is InChI=1S/C24H26N2O2/c27-23(17-15-19-9-3-1-4-10-19)25-21-13-7-8-14-22(21)26-24(28)18-16-20-11-5-2-6-12-20/h1-6,9-12,15-18,21-22H,7-8,13-14H2,(H,25,27)(H,26,28)/b17-15+,18-16+/t21-,22-/m0/s1. The smallest absolute Gasteiger partial charge is 0.244 e. The molecule has 1 aliphatic rings. The van der Waals surface area contributed by atoms with E-state index in [4.69, 9.17) is 0 Å². The van der Waals surface area contributed by atoms with E-state index in [1.165, 1.54) is 0 Å². The maximum absolute atomic E-state index is 12.3. The second kappa shape index (κ2) is 10.3. The van der Waals surface area contributed by atoms with Crippen LogP contribution in [0.5, 0.6) is 0 Å². The predicted molar refractivity (Wildman–Crippen MR) is 113 cm³/mol. The minimum atomic E-state index is -0.130. The van der Waals surface area contributed by atoms with E-state index in [-0.39, 0.29) is 23.9 Å². The van der Waals surface area contributed by atoms with Gasteiger partial charge in [-0.2, -0.15) is 0 Å². The summed E-state index contributed by atoms with van der Waals surface area (Å²) in [6.07, 6.45) is 10.6. The molecule has 0 heterocycles. The van der Waals surface area contributed by atoms with Gasteiger partial charge in [-0.15, -0.1) is 0 Å². The molecule has 0 spiro atoms. The molecule has 144 valence electrons. The van der Waals surface area contributed by atoms with Gasteiger partial charge in [-0.25, -0.2) is 0 Å². The van der Waals surface area contributed by atoms with Crippen LogP contribution in [0.3, 0.4) is 0 Å². The summed E-state index contributed by atoms with van der Waals surface area (Å²) in [7, 11) is 0. The van der Waals surface area contributed by atoms with Crippen molar-refractivity contribution in [1.29, 1.82) is 0 Å². The Morgan fingerprint density at radius 2 is 1.07 bits per heavy atom. The summed E-state index contributed by atoms with van der Waals surface area (Å²) in [5.74, 6) is -0.260. The molecule has 1 fully saturated rings. The SMILES string of the molecule is O=C(/C=C/c1ccccc1)N[C@H]1CCCC[C@@H]1NC(=O)/C=C/c1ccccc1. The first-order valence-electron chi connectivity index (χ1n) is 9.78. The average Bonchev–Trinajstić information content (AvgIpc) is 2.74. The molecule has 1 saturated carbocycles. The summed E-state index contributed by atoms with van der Waals surface area (Å²) >= 11 is 0. The molecule has 2 aromatic carbocycles. The molecule has 3 rings (SSSR count). The summed E-state index contributed by atoms with van der Waals surface area (Å²) < 4.78 is 0. The molecule has 4 nitrogen and oxygen atoms in total. The Labute approximate surface area is 166 Å². The van der Waals surface area contributed by atoms with Gasteiger partial charge < -0.3 is 10.6 Å². The molecule has 28 heavy (non-hydrogen) atoms. The molecular formula is C24H26N2O2. The van der Waals surface area contributed by atoms with Gasteiger partial charge in [-0.3, -0.25) is 9.59 Å². The summed E-state index contributed by atoms with van der Waals surface area (Å²) in [6, 6.07) is 19.4. The molecule has 2 amide bonds. The lowest BCUT2D eigenvalue weighted by atomic mass is 9.90. The zero-order valence-corrected chi connectivity index (χ0v) is 15.9. The van der Waals surface area contributed by atoms with Crippen molar-refractivity contribution >= 4 is 24.0 Å². The van der Waals surface area contributed by atoms with Crippen molar-refractivity contribution in [2.45, 2.75) is 37.8 Å².